The van der Waals surface area contributed by atoms with Gasteiger partial charge in [0.2, 0.25) is 11.7 Å². The minimum Gasteiger partial charge on any atom is -0.444 e. The first-order valence-corrected chi connectivity index (χ1v) is 8.11. The summed E-state index contributed by atoms with van der Waals surface area (Å²) >= 11 is 0. The number of rotatable bonds is 4. The number of alkyl carbamates (subject to hydrolysis) is 1. The third-order valence-corrected chi connectivity index (χ3v) is 3.58. The van der Waals surface area contributed by atoms with Gasteiger partial charge < -0.3 is 14.6 Å². The Bertz CT molecular complexity index is 731. The molecule has 1 saturated carbocycles. The Morgan fingerprint density at radius 2 is 2.17 bits per heavy atom. The van der Waals surface area contributed by atoms with Crippen LogP contribution in [0, 0.1) is 0 Å². The van der Waals surface area contributed by atoms with E-state index >= 15 is 0 Å². The van der Waals surface area contributed by atoms with E-state index < -0.39 is 17.7 Å². The second-order valence-electron chi connectivity index (χ2n) is 7.07. The number of nitrogens with zero attached hydrogens (tertiary/aromatic N) is 3. The van der Waals surface area contributed by atoms with E-state index in [2.05, 4.69) is 20.4 Å². The van der Waals surface area contributed by atoms with Crippen LogP contribution in [0.5, 0.6) is 0 Å². The minimum atomic E-state index is -0.555. The van der Waals surface area contributed by atoms with E-state index in [9.17, 15) is 4.79 Å². The molecule has 0 unspecified atom stereocenters. The second-order valence-corrected chi connectivity index (χ2v) is 7.07. The smallest absolute Gasteiger partial charge is 0.408 e. The maximum atomic E-state index is 11.8. The van der Waals surface area contributed by atoms with Gasteiger partial charge in [0.25, 0.3) is 0 Å². The van der Waals surface area contributed by atoms with Crippen LogP contribution in [0.15, 0.2) is 22.9 Å². The first kappa shape index (κ1) is 16.4. The Hall–Kier alpha value is -2.44. The van der Waals surface area contributed by atoms with Gasteiger partial charge in [0.05, 0.1) is 0 Å². The predicted molar refractivity (Wildman–Crippen MR) is 87.3 cm³/mol. The maximum absolute atomic E-state index is 11.8. The van der Waals surface area contributed by atoms with Crippen molar-refractivity contribution in [3.63, 3.8) is 0 Å². The Morgan fingerprint density at radius 1 is 1.42 bits per heavy atom. The highest BCUT2D eigenvalue weighted by atomic mass is 16.6. The highest BCUT2D eigenvalue weighted by molar-refractivity contribution is 5.68. The molecule has 1 N–H and O–H groups in total. The van der Waals surface area contributed by atoms with E-state index in [4.69, 9.17) is 9.26 Å². The summed E-state index contributed by atoms with van der Waals surface area (Å²) in [5.74, 6) is 1.39. The van der Waals surface area contributed by atoms with Crippen molar-refractivity contribution in [3.8, 4) is 11.4 Å². The molecule has 7 heteroatoms. The van der Waals surface area contributed by atoms with Crippen LogP contribution in [-0.2, 0) is 4.74 Å². The zero-order valence-electron chi connectivity index (χ0n) is 14.4. The van der Waals surface area contributed by atoms with Crippen LogP contribution in [0.25, 0.3) is 11.4 Å². The lowest BCUT2D eigenvalue weighted by Gasteiger charge is -2.20. The molecular formula is C17H22N4O3. The number of pyridine rings is 1. The zero-order valence-corrected chi connectivity index (χ0v) is 14.4. The van der Waals surface area contributed by atoms with Gasteiger partial charge in [0.15, 0.2) is 0 Å². The fourth-order valence-corrected chi connectivity index (χ4v) is 2.26. The summed E-state index contributed by atoms with van der Waals surface area (Å²) in [6, 6.07) is 3.41. The maximum Gasteiger partial charge on any atom is 0.408 e. The van der Waals surface area contributed by atoms with Crippen molar-refractivity contribution in [1.82, 2.24) is 20.4 Å². The highest BCUT2D eigenvalue weighted by Gasteiger charge is 2.26. The molecule has 2 heterocycles. The van der Waals surface area contributed by atoms with Crippen molar-refractivity contribution in [2.45, 2.75) is 58.1 Å². The Labute approximate surface area is 140 Å². The number of amides is 1. The molecule has 0 spiro atoms. The third kappa shape index (κ3) is 4.10. The number of aromatic nitrogens is 3. The lowest BCUT2D eigenvalue weighted by Crippen LogP contribution is -2.34. The largest absolute Gasteiger partial charge is 0.444 e. The first-order valence-electron chi connectivity index (χ1n) is 8.11. The van der Waals surface area contributed by atoms with Crippen LogP contribution in [-0.4, -0.2) is 26.8 Å². The lowest BCUT2D eigenvalue weighted by atomic mass is 10.2. The zero-order chi connectivity index (χ0) is 17.3. The van der Waals surface area contributed by atoms with Crippen molar-refractivity contribution < 1.29 is 14.1 Å². The Balaban J connectivity index is 1.68. The molecule has 1 aliphatic carbocycles. The average molecular weight is 330 g/mol. The molecule has 3 rings (SSSR count). The van der Waals surface area contributed by atoms with Crippen LogP contribution >= 0.6 is 0 Å². The summed E-state index contributed by atoms with van der Waals surface area (Å²) in [6.45, 7) is 7.19. The molecule has 2 aromatic heterocycles. The van der Waals surface area contributed by atoms with Crippen molar-refractivity contribution in [2.75, 3.05) is 0 Å². The molecule has 128 valence electrons. The fraction of sp³-hybridized carbons (Fsp3) is 0.529. The number of carbonyl (C=O) groups is 1. The normalized spacial score (nSPS) is 15.8. The number of carbonyl (C=O) groups excluding carboxylic acids is 1. The topological polar surface area (TPSA) is 90.1 Å². The average Bonchev–Trinajstić information content (AvgIpc) is 3.22. The fourth-order valence-electron chi connectivity index (χ4n) is 2.26. The van der Waals surface area contributed by atoms with E-state index in [0.29, 0.717) is 17.6 Å². The van der Waals surface area contributed by atoms with Gasteiger partial charge in [-0.15, -0.1) is 0 Å². The van der Waals surface area contributed by atoms with Gasteiger partial charge in [-0.2, -0.15) is 4.98 Å². The van der Waals surface area contributed by atoms with Crippen LogP contribution in [0.3, 0.4) is 0 Å². The molecular weight excluding hydrogens is 308 g/mol. The van der Waals surface area contributed by atoms with Gasteiger partial charge in [-0.3, -0.25) is 4.98 Å². The lowest BCUT2D eigenvalue weighted by molar-refractivity contribution is 0.0499. The number of nitrogens with one attached hydrogen (secondary N) is 1. The van der Waals surface area contributed by atoms with Gasteiger partial charge in [0.1, 0.15) is 11.6 Å². The molecule has 0 aromatic carbocycles. The van der Waals surface area contributed by atoms with Gasteiger partial charge in [-0.25, -0.2) is 4.79 Å². The number of ether oxygens (including phenoxy) is 1. The molecule has 2 aromatic rings. The van der Waals surface area contributed by atoms with Gasteiger partial charge in [-0.1, -0.05) is 5.16 Å². The summed E-state index contributed by atoms with van der Waals surface area (Å²) < 4.78 is 10.5. The van der Waals surface area contributed by atoms with Crippen molar-refractivity contribution >= 4 is 6.09 Å². The molecule has 1 atom stereocenters. The van der Waals surface area contributed by atoms with Gasteiger partial charge in [0, 0.05) is 23.4 Å². The second kappa shape index (κ2) is 6.22. The van der Waals surface area contributed by atoms with E-state index in [0.717, 1.165) is 11.3 Å². The van der Waals surface area contributed by atoms with E-state index in [1.807, 2.05) is 32.9 Å². The number of hydrogen-bond donors (Lipinski definition) is 1. The van der Waals surface area contributed by atoms with E-state index in [-0.39, 0.29) is 0 Å². The van der Waals surface area contributed by atoms with Crippen LogP contribution in [0.2, 0.25) is 0 Å². The van der Waals surface area contributed by atoms with E-state index in [1.54, 1.807) is 13.1 Å². The predicted octanol–water partition coefficient (Wildman–Crippen LogP) is 3.59. The van der Waals surface area contributed by atoms with Crippen LogP contribution in [0.1, 0.15) is 64.1 Å². The Kier molecular flexibility index (Phi) is 4.26. The van der Waals surface area contributed by atoms with Crippen LogP contribution < -0.4 is 5.32 Å². The third-order valence-electron chi connectivity index (χ3n) is 3.58. The summed E-state index contributed by atoms with van der Waals surface area (Å²) in [5.41, 5.74) is 1.38. The highest BCUT2D eigenvalue weighted by Crippen LogP contribution is 2.39. The van der Waals surface area contributed by atoms with Gasteiger partial charge >= 0.3 is 6.09 Å². The number of hydrogen-bond acceptors (Lipinski definition) is 6. The Morgan fingerprint density at radius 3 is 2.83 bits per heavy atom. The minimum absolute atomic E-state index is 0.334. The molecule has 7 nitrogen and oxygen atoms in total. The first-order chi connectivity index (χ1) is 11.3. The summed E-state index contributed by atoms with van der Waals surface area (Å²) in [5, 5.41) is 6.69. The molecule has 0 bridgehead atoms. The molecule has 24 heavy (non-hydrogen) atoms. The standard InChI is InChI=1S/C17H22N4O3/c1-10(19-16(22)23-17(2,3)4)15-20-14(21-24-15)12-7-8-18-13(9-12)11-5-6-11/h7-11H,5-6H2,1-4H3,(H,19,22)/t10-/m1/s1. The van der Waals surface area contributed by atoms with Crippen molar-refractivity contribution in [3.05, 3.63) is 29.9 Å². The summed E-state index contributed by atoms with van der Waals surface area (Å²) in [7, 11) is 0. The summed E-state index contributed by atoms with van der Waals surface area (Å²) in [6.07, 6.45) is 3.62. The quantitative estimate of drug-likeness (QED) is 0.921. The van der Waals surface area contributed by atoms with Crippen LogP contribution in [0.4, 0.5) is 4.79 Å². The molecule has 0 radical (unpaired) electrons. The van der Waals surface area contributed by atoms with Gasteiger partial charge in [-0.05, 0) is 52.7 Å². The van der Waals surface area contributed by atoms with E-state index in [1.165, 1.54) is 12.8 Å². The summed E-state index contributed by atoms with van der Waals surface area (Å²) in [4.78, 5) is 20.6. The molecule has 1 fully saturated rings. The molecule has 0 saturated heterocycles. The molecule has 1 amide bonds. The SMILES string of the molecule is C[C@@H](NC(=O)OC(C)(C)C)c1nc(-c2ccnc(C3CC3)c2)no1. The van der Waals surface area contributed by atoms with Crippen molar-refractivity contribution in [1.29, 1.82) is 0 Å². The monoisotopic (exact) mass is 330 g/mol. The molecule has 0 aliphatic heterocycles. The van der Waals surface area contributed by atoms with Crippen molar-refractivity contribution in [2.24, 2.45) is 0 Å². The molecule has 1 aliphatic rings.